The first-order valence-electron chi connectivity index (χ1n) is 15.8. The molecule has 47 heavy (non-hydrogen) atoms. The molecule has 0 aliphatic carbocycles. The van der Waals surface area contributed by atoms with Gasteiger partial charge in [-0.1, -0.05) is 127 Å². The van der Waals surface area contributed by atoms with E-state index in [2.05, 4.69) is 109 Å². The number of furan rings is 1. The van der Waals surface area contributed by atoms with Crippen molar-refractivity contribution in [1.29, 1.82) is 0 Å². The second-order valence-corrected chi connectivity index (χ2v) is 12.0. The zero-order chi connectivity index (χ0) is 30.9. The average molecular weight is 600 g/mol. The SMILES string of the molecule is c1ccc(-c2nc(-c3ccc4ccccc4c3)nc(-c3ccc4c(ccc5ccc6ccc7c8ccccc8oc7c6c54)c3)n2)cc1. The van der Waals surface area contributed by atoms with Gasteiger partial charge in [0.1, 0.15) is 11.2 Å². The number of hydrogen-bond acceptors (Lipinski definition) is 4. The summed E-state index contributed by atoms with van der Waals surface area (Å²) in [5, 5.41) is 11.5. The number of hydrogen-bond donors (Lipinski definition) is 0. The van der Waals surface area contributed by atoms with E-state index in [1.165, 1.54) is 16.2 Å². The van der Waals surface area contributed by atoms with Crippen molar-refractivity contribution in [3.05, 3.63) is 152 Å². The van der Waals surface area contributed by atoms with E-state index in [1.54, 1.807) is 0 Å². The monoisotopic (exact) mass is 599 g/mol. The summed E-state index contributed by atoms with van der Waals surface area (Å²) >= 11 is 0. The zero-order valence-corrected chi connectivity index (χ0v) is 25.2. The third-order valence-corrected chi connectivity index (χ3v) is 9.26. The Labute approximate surface area is 269 Å². The van der Waals surface area contributed by atoms with Gasteiger partial charge < -0.3 is 4.42 Å². The summed E-state index contributed by atoms with van der Waals surface area (Å²) in [6.07, 6.45) is 0. The molecule has 0 atom stereocenters. The molecule has 0 N–H and O–H groups in total. The van der Waals surface area contributed by atoms with Crippen LogP contribution in [0.2, 0.25) is 0 Å². The van der Waals surface area contributed by atoms with Crippen molar-refractivity contribution in [2.75, 3.05) is 0 Å². The van der Waals surface area contributed by atoms with Crippen LogP contribution in [0.25, 0.3) is 99.2 Å². The summed E-state index contributed by atoms with van der Waals surface area (Å²) in [6, 6.07) is 52.8. The lowest BCUT2D eigenvalue weighted by Gasteiger charge is -2.11. The first-order chi connectivity index (χ1) is 23.3. The van der Waals surface area contributed by atoms with Crippen LogP contribution in [-0.4, -0.2) is 15.0 Å². The Kier molecular flexibility index (Phi) is 5.54. The third kappa shape index (κ3) is 4.12. The number of nitrogens with zero attached hydrogens (tertiary/aromatic N) is 3. The lowest BCUT2D eigenvalue weighted by Crippen LogP contribution is -2.00. The van der Waals surface area contributed by atoms with Crippen molar-refractivity contribution in [2.24, 2.45) is 0 Å². The summed E-state index contributed by atoms with van der Waals surface area (Å²) in [5.74, 6) is 1.94. The maximum Gasteiger partial charge on any atom is 0.164 e. The molecule has 0 fully saturated rings. The fourth-order valence-corrected chi connectivity index (χ4v) is 6.96. The van der Waals surface area contributed by atoms with Gasteiger partial charge in [-0.2, -0.15) is 0 Å². The van der Waals surface area contributed by atoms with Gasteiger partial charge in [0.05, 0.1) is 0 Å². The van der Waals surface area contributed by atoms with Crippen molar-refractivity contribution in [3.8, 4) is 34.2 Å². The van der Waals surface area contributed by atoms with E-state index in [-0.39, 0.29) is 0 Å². The maximum atomic E-state index is 6.53. The molecule has 0 saturated heterocycles. The number of benzene rings is 8. The lowest BCUT2D eigenvalue weighted by atomic mass is 9.94. The Hall–Kier alpha value is -6.39. The van der Waals surface area contributed by atoms with Crippen LogP contribution in [0.3, 0.4) is 0 Å². The highest BCUT2D eigenvalue weighted by molar-refractivity contribution is 6.28. The highest BCUT2D eigenvalue weighted by Gasteiger charge is 2.16. The molecule has 0 amide bonds. The summed E-state index contributed by atoms with van der Waals surface area (Å²) < 4.78 is 6.53. The molecule has 0 aliphatic heterocycles. The first-order valence-corrected chi connectivity index (χ1v) is 15.8. The number of aromatic nitrogens is 3. The van der Waals surface area contributed by atoms with Crippen LogP contribution in [0, 0.1) is 0 Å². The molecule has 0 unspecified atom stereocenters. The van der Waals surface area contributed by atoms with Crippen molar-refractivity contribution in [3.63, 3.8) is 0 Å². The molecular formula is C43H25N3O. The van der Waals surface area contributed by atoms with Gasteiger partial charge in [-0.25, -0.2) is 15.0 Å². The largest absolute Gasteiger partial charge is 0.455 e. The van der Waals surface area contributed by atoms with E-state index in [1.807, 2.05) is 42.5 Å². The average Bonchev–Trinajstić information content (AvgIpc) is 3.53. The fourth-order valence-electron chi connectivity index (χ4n) is 6.96. The van der Waals surface area contributed by atoms with Crippen LogP contribution in [-0.2, 0) is 0 Å². The molecule has 0 saturated carbocycles. The van der Waals surface area contributed by atoms with Gasteiger partial charge in [-0.05, 0) is 56.6 Å². The Morgan fingerprint density at radius 3 is 1.70 bits per heavy atom. The minimum Gasteiger partial charge on any atom is -0.455 e. The Balaban J connectivity index is 1.20. The Morgan fingerprint density at radius 1 is 0.340 bits per heavy atom. The van der Waals surface area contributed by atoms with Gasteiger partial charge in [0.15, 0.2) is 17.5 Å². The van der Waals surface area contributed by atoms with E-state index in [9.17, 15) is 0 Å². The van der Waals surface area contributed by atoms with Crippen molar-refractivity contribution in [2.45, 2.75) is 0 Å². The lowest BCUT2D eigenvalue weighted by molar-refractivity contribution is 0.673. The van der Waals surface area contributed by atoms with Crippen molar-refractivity contribution >= 4 is 65.0 Å². The maximum absolute atomic E-state index is 6.53. The minimum absolute atomic E-state index is 0.640. The molecule has 4 heteroatoms. The molecule has 2 heterocycles. The second-order valence-electron chi connectivity index (χ2n) is 12.0. The van der Waals surface area contributed by atoms with Crippen LogP contribution in [0.1, 0.15) is 0 Å². The number of para-hydroxylation sites is 1. The Morgan fingerprint density at radius 2 is 0.894 bits per heavy atom. The highest BCUT2D eigenvalue weighted by atomic mass is 16.3. The number of rotatable bonds is 3. The third-order valence-electron chi connectivity index (χ3n) is 9.26. The second kappa shape index (κ2) is 10.1. The van der Waals surface area contributed by atoms with Crippen molar-refractivity contribution in [1.82, 2.24) is 15.0 Å². The zero-order valence-electron chi connectivity index (χ0n) is 25.2. The molecule has 0 bridgehead atoms. The van der Waals surface area contributed by atoms with E-state index in [0.29, 0.717) is 17.5 Å². The van der Waals surface area contributed by atoms with E-state index < -0.39 is 0 Å². The molecule has 10 rings (SSSR count). The first kappa shape index (κ1) is 25.9. The normalized spacial score (nSPS) is 11.8. The smallest absolute Gasteiger partial charge is 0.164 e. The molecule has 0 spiro atoms. The minimum atomic E-state index is 0.640. The molecule has 0 radical (unpaired) electrons. The molecule has 10 aromatic rings. The van der Waals surface area contributed by atoms with Gasteiger partial charge in [-0.15, -0.1) is 0 Å². The standard InChI is InChI=1S/C43H25N3O/c1-2-9-29(10-3-1)41-44-42(32-19-14-26-8-4-5-11-30(26)24-32)46-43(45-41)33-21-22-34-31(25-33)18-17-27-15-16-28-20-23-36-35-12-6-7-13-37(35)47-40(36)39(28)38(27)34/h1-25H. The van der Waals surface area contributed by atoms with Crippen molar-refractivity contribution < 1.29 is 4.42 Å². The predicted molar refractivity (Wildman–Crippen MR) is 193 cm³/mol. The van der Waals surface area contributed by atoms with Crippen LogP contribution >= 0.6 is 0 Å². The fraction of sp³-hybridized carbons (Fsp3) is 0. The van der Waals surface area contributed by atoms with E-state index in [0.717, 1.165) is 65.6 Å². The summed E-state index contributed by atoms with van der Waals surface area (Å²) in [6.45, 7) is 0. The molecule has 218 valence electrons. The van der Waals surface area contributed by atoms with Gasteiger partial charge in [0, 0.05) is 38.2 Å². The summed E-state index contributed by atoms with van der Waals surface area (Å²) in [4.78, 5) is 15.0. The molecular weight excluding hydrogens is 574 g/mol. The Bertz CT molecular complexity index is 2850. The van der Waals surface area contributed by atoms with Gasteiger partial charge in [-0.3, -0.25) is 0 Å². The molecule has 2 aromatic heterocycles. The molecule has 4 nitrogen and oxygen atoms in total. The van der Waals surface area contributed by atoms with Gasteiger partial charge in [0.25, 0.3) is 0 Å². The van der Waals surface area contributed by atoms with Gasteiger partial charge >= 0.3 is 0 Å². The van der Waals surface area contributed by atoms with Gasteiger partial charge in [0.2, 0.25) is 0 Å². The highest BCUT2D eigenvalue weighted by Crippen LogP contribution is 2.40. The van der Waals surface area contributed by atoms with Crippen LogP contribution in [0.15, 0.2) is 156 Å². The van der Waals surface area contributed by atoms with Crippen LogP contribution < -0.4 is 0 Å². The predicted octanol–water partition coefficient (Wildman–Crippen LogP) is 11.4. The number of fused-ring (bicyclic) bond motifs is 10. The van der Waals surface area contributed by atoms with E-state index in [4.69, 9.17) is 19.4 Å². The summed E-state index contributed by atoms with van der Waals surface area (Å²) in [5.41, 5.74) is 4.67. The van der Waals surface area contributed by atoms with Crippen LogP contribution in [0.4, 0.5) is 0 Å². The summed E-state index contributed by atoms with van der Waals surface area (Å²) in [7, 11) is 0. The van der Waals surface area contributed by atoms with Crippen LogP contribution in [0.5, 0.6) is 0 Å². The van der Waals surface area contributed by atoms with E-state index >= 15 is 0 Å². The molecule has 0 aliphatic rings. The topological polar surface area (TPSA) is 51.8 Å². The molecule has 8 aromatic carbocycles. The quantitative estimate of drug-likeness (QED) is 0.190.